The number of aliphatic hydroxyl groups is 2. The van der Waals surface area contributed by atoms with Crippen molar-refractivity contribution in [3.63, 3.8) is 0 Å². The van der Waals surface area contributed by atoms with Crippen LogP contribution in [0.5, 0.6) is 0 Å². The highest BCUT2D eigenvalue weighted by atomic mass is 19.4. The average molecular weight is 344 g/mol. The normalized spacial score (nSPS) is 12.6. The average Bonchev–Trinajstić information content (AvgIpc) is 2.96. The molecular weight excluding hydrogens is 325 g/mol. The first-order valence-electron chi connectivity index (χ1n) is 7.27. The van der Waals surface area contributed by atoms with Crippen LogP contribution < -0.4 is 0 Å². The maximum absolute atomic E-state index is 12.7. The molecule has 0 spiro atoms. The summed E-state index contributed by atoms with van der Waals surface area (Å²) >= 11 is 0. The van der Waals surface area contributed by atoms with Crippen LogP contribution in [0.15, 0.2) is 24.3 Å². The molecule has 1 aromatic carbocycles. The molecule has 24 heavy (non-hydrogen) atoms. The van der Waals surface area contributed by atoms with Crippen LogP contribution in [0.2, 0.25) is 0 Å². The van der Waals surface area contributed by atoms with Crippen LogP contribution in [-0.2, 0) is 6.18 Å². The summed E-state index contributed by atoms with van der Waals surface area (Å²) < 4.78 is 38.2. The highest BCUT2D eigenvalue weighted by Gasteiger charge is 2.31. The van der Waals surface area contributed by atoms with Gasteiger partial charge in [0.2, 0.25) is 0 Å². The molecule has 0 fully saturated rings. The van der Waals surface area contributed by atoms with Crippen LogP contribution in [0, 0.1) is 5.41 Å². The second kappa shape index (κ2) is 6.45. The number of hydrogen-bond acceptors (Lipinski definition) is 3. The Hall–Kier alpha value is -2.06. The summed E-state index contributed by atoms with van der Waals surface area (Å²) in [6.07, 6.45) is -4.45. The molecule has 5 nitrogen and oxygen atoms in total. The molecule has 0 radical (unpaired) electrons. The number of rotatable bonds is 5. The third-order valence-electron chi connectivity index (χ3n) is 3.91. The molecule has 8 heteroatoms. The zero-order valence-electron chi connectivity index (χ0n) is 13.3. The lowest BCUT2D eigenvalue weighted by atomic mass is 9.92. The number of aliphatic hydroxyl groups excluding tert-OH is 2. The molecule has 1 amide bonds. The first-order chi connectivity index (χ1) is 11.1. The summed E-state index contributed by atoms with van der Waals surface area (Å²) in [6, 6.07) is 4.70. The van der Waals surface area contributed by atoms with Crippen LogP contribution in [0.3, 0.4) is 0 Å². The SMILES string of the molecule is CN(CC(C)(CO)CO)C(=O)c1cc2ccc(C(F)(F)F)cc2[nH]1. The Labute approximate surface area is 136 Å². The lowest BCUT2D eigenvalue weighted by Gasteiger charge is -2.30. The topological polar surface area (TPSA) is 76.6 Å². The molecule has 0 bridgehead atoms. The van der Waals surface area contributed by atoms with Crippen molar-refractivity contribution in [3.05, 3.63) is 35.5 Å². The number of carbonyl (C=O) groups excluding carboxylic acids is 1. The molecule has 1 aromatic heterocycles. The number of nitrogens with one attached hydrogen (secondary N) is 1. The van der Waals surface area contributed by atoms with E-state index >= 15 is 0 Å². The van der Waals surface area contributed by atoms with Gasteiger partial charge in [0.1, 0.15) is 5.69 Å². The second-order valence-electron chi connectivity index (χ2n) is 6.27. The quantitative estimate of drug-likeness (QED) is 0.779. The summed E-state index contributed by atoms with van der Waals surface area (Å²) in [5.74, 6) is -0.437. The van der Waals surface area contributed by atoms with Crippen LogP contribution in [0.4, 0.5) is 13.2 Å². The van der Waals surface area contributed by atoms with Gasteiger partial charge >= 0.3 is 6.18 Å². The second-order valence-corrected chi connectivity index (χ2v) is 6.27. The van der Waals surface area contributed by atoms with E-state index in [4.69, 9.17) is 0 Å². The molecule has 0 saturated carbocycles. The largest absolute Gasteiger partial charge is 0.416 e. The van der Waals surface area contributed by atoms with Gasteiger partial charge in [-0.2, -0.15) is 13.2 Å². The Morgan fingerprint density at radius 3 is 2.38 bits per heavy atom. The van der Waals surface area contributed by atoms with E-state index in [-0.39, 0.29) is 31.0 Å². The van der Waals surface area contributed by atoms with Gasteiger partial charge in [-0.25, -0.2) is 0 Å². The number of alkyl halides is 3. The van der Waals surface area contributed by atoms with E-state index in [0.29, 0.717) is 5.39 Å². The Morgan fingerprint density at radius 1 is 1.21 bits per heavy atom. The van der Waals surface area contributed by atoms with Gasteiger partial charge in [-0.3, -0.25) is 4.79 Å². The van der Waals surface area contributed by atoms with Gasteiger partial charge in [0.05, 0.1) is 18.8 Å². The minimum absolute atomic E-state index is 0.0992. The standard InChI is InChI=1S/C16H19F3N2O3/c1-15(8-22,9-23)7-21(2)14(24)13-5-10-3-4-11(16(17,18)19)6-12(10)20-13/h3-6,20,22-23H,7-9H2,1-2H3. The minimum atomic E-state index is -4.45. The van der Waals surface area contributed by atoms with Crippen molar-refractivity contribution in [3.8, 4) is 0 Å². The first-order valence-corrected chi connectivity index (χ1v) is 7.27. The monoisotopic (exact) mass is 344 g/mol. The summed E-state index contributed by atoms with van der Waals surface area (Å²) in [5, 5.41) is 19.1. The van der Waals surface area contributed by atoms with Crippen LogP contribution in [-0.4, -0.2) is 52.8 Å². The molecular formula is C16H19F3N2O3. The van der Waals surface area contributed by atoms with Gasteiger partial charge in [-0.1, -0.05) is 13.0 Å². The van der Waals surface area contributed by atoms with E-state index in [9.17, 15) is 28.2 Å². The predicted molar refractivity (Wildman–Crippen MR) is 82.5 cm³/mol. The Morgan fingerprint density at radius 2 is 1.83 bits per heavy atom. The van der Waals surface area contributed by atoms with Gasteiger partial charge in [-0.15, -0.1) is 0 Å². The van der Waals surface area contributed by atoms with Gasteiger partial charge in [-0.05, 0) is 18.2 Å². The number of amides is 1. The van der Waals surface area contributed by atoms with Crippen molar-refractivity contribution in [1.82, 2.24) is 9.88 Å². The van der Waals surface area contributed by atoms with Crippen molar-refractivity contribution in [2.24, 2.45) is 5.41 Å². The lowest BCUT2D eigenvalue weighted by Crippen LogP contribution is -2.41. The van der Waals surface area contributed by atoms with E-state index in [1.54, 1.807) is 6.92 Å². The number of H-pyrrole nitrogens is 1. The van der Waals surface area contributed by atoms with E-state index in [1.807, 2.05) is 0 Å². The van der Waals surface area contributed by atoms with Crippen LogP contribution in [0.1, 0.15) is 23.0 Å². The van der Waals surface area contributed by atoms with E-state index in [0.717, 1.165) is 12.1 Å². The maximum atomic E-state index is 12.7. The fourth-order valence-electron chi connectivity index (χ4n) is 2.42. The van der Waals surface area contributed by atoms with Crippen molar-refractivity contribution < 1.29 is 28.2 Å². The molecule has 0 atom stereocenters. The highest BCUT2D eigenvalue weighted by Crippen LogP contribution is 2.31. The summed E-state index contributed by atoms with van der Waals surface area (Å²) in [4.78, 5) is 16.4. The molecule has 0 aliphatic heterocycles. The third-order valence-corrected chi connectivity index (χ3v) is 3.91. The van der Waals surface area contributed by atoms with Gasteiger partial charge in [0.25, 0.3) is 5.91 Å². The molecule has 2 rings (SSSR count). The summed E-state index contributed by atoms with van der Waals surface area (Å²) in [7, 11) is 1.50. The fraction of sp³-hybridized carbons (Fsp3) is 0.438. The number of hydrogen-bond donors (Lipinski definition) is 3. The number of aromatic nitrogens is 1. The number of carbonyl (C=O) groups is 1. The smallest absolute Gasteiger partial charge is 0.396 e. The third kappa shape index (κ3) is 3.70. The Bertz CT molecular complexity index is 736. The van der Waals surface area contributed by atoms with E-state index in [1.165, 1.54) is 24.1 Å². The van der Waals surface area contributed by atoms with E-state index < -0.39 is 23.1 Å². The van der Waals surface area contributed by atoms with Crippen LogP contribution in [0.25, 0.3) is 10.9 Å². The van der Waals surface area contributed by atoms with Crippen molar-refractivity contribution in [2.75, 3.05) is 26.8 Å². The Balaban J connectivity index is 2.27. The van der Waals surface area contributed by atoms with Crippen molar-refractivity contribution in [1.29, 1.82) is 0 Å². The molecule has 132 valence electrons. The highest BCUT2D eigenvalue weighted by molar-refractivity contribution is 5.98. The van der Waals surface area contributed by atoms with Gasteiger partial charge in [0, 0.05) is 29.9 Å². The minimum Gasteiger partial charge on any atom is -0.396 e. The van der Waals surface area contributed by atoms with Crippen molar-refractivity contribution >= 4 is 16.8 Å². The molecule has 0 aliphatic rings. The van der Waals surface area contributed by atoms with Crippen LogP contribution >= 0.6 is 0 Å². The molecule has 0 unspecified atom stereocenters. The van der Waals surface area contributed by atoms with Gasteiger partial charge < -0.3 is 20.1 Å². The molecule has 3 N–H and O–H groups in total. The zero-order valence-corrected chi connectivity index (χ0v) is 13.3. The molecule has 0 aliphatic carbocycles. The van der Waals surface area contributed by atoms with Gasteiger partial charge in [0.15, 0.2) is 0 Å². The number of benzene rings is 1. The molecule has 2 aromatic rings. The number of nitrogens with zero attached hydrogens (tertiary/aromatic N) is 1. The Kier molecular flexibility index (Phi) is 4.91. The number of aromatic amines is 1. The summed E-state index contributed by atoms with van der Waals surface area (Å²) in [5.41, 5.74) is -1.30. The maximum Gasteiger partial charge on any atom is 0.416 e. The fourth-order valence-corrected chi connectivity index (χ4v) is 2.42. The van der Waals surface area contributed by atoms with Crippen molar-refractivity contribution in [2.45, 2.75) is 13.1 Å². The zero-order chi connectivity index (χ0) is 18.1. The number of halogens is 3. The molecule has 1 heterocycles. The number of fused-ring (bicyclic) bond motifs is 1. The van der Waals surface area contributed by atoms with E-state index in [2.05, 4.69) is 4.98 Å². The molecule has 0 saturated heterocycles. The lowest BCUT2D eigenvalue weighted by molar-refractivity contribution is -0.137. The first kappa shape index (κ1) is 18.3. The predicted octanol–water partition coefficient (Wildman–Crippen LogP) is 2.25. The summed E-state index contributed by atoms with van der Waals surface area (Å²) in [6.45, 7) is 1.12.